The van der Waals surface area contributed by atoms with Crippen LogP contribution in [0.3, 0.4) is 0 Å². The van der Waals surface area contributed by atoms with E-state index >= 15 is 0 Å². The fraction of sp³-hybridized carbons (Fsp3) is 0.167. The summed E-state index contributed by atoms with van der Waals surface area (Å²) in [5.74, 6) is 0. The highest BCUT2D eigenvalue weighted by Crippen LogP contribution is 2.13. The summed E-state index contributed by atoms with van der Waals surface area (Å²) in [6.45, 7) is 2.42. The van der Waals surface area contributed by atoms with E-state index in [0.29, 0.717) is 6.54 Å². The lowest BCUT2D eigenvalue weighted by atomic mass is 10.3. The first-order chi connectivity index (χ1) is 7.68. The van der Waals surface area contributed by atoms with Crippen LogP contribution in [0.15, 0.2) is 45.8 Å². The summed E-state index contributed by atoms with van der Waals surface area (Å²) in [5, 5.41) is 0. The van der Waals surface area contributed by atoms with Crippen molar-refractivity contribution >= 4 is 15.9 Å². The van der Waals surface area contributed by atoms with E-state index in [4.69, 9.17) is 0 Å². The van der Waals surface area contributed by atoms with Crippen LogP contribution in [0.5, 0.6) is 0 Å². The Morgan fingerprint density at radius 1 is 1.31 bits per heavy atom. The minimum atomic E-state index is -0.00801. The molecule has 2 heterocycles. The third-order valence-electron chi connectivity index (χ3n) is 2.44. The zero-order chi connectivity index (χ0) is 11.5. The summed E-state index contributed by atoms with van der Waals surface area (Å²) < 4.78 is 2.63. The van der Waals surface area contributed by atoms with Gasteiger partial charge in [-0.2, -0.15) is 0 Å². The van der Waals surface area contributed by atoms with Gasteiger partial charge >= 0.3 is 0 Å². The second-order valence-electron chi connectivity index (χ2n) is 3.51. The zero-order valence-corrected chi connectivity index (χ0v) is 10.4. The first-order valence-electron chi connectivity index (χ1n) is 4.94. The zero-order valence-electron chi connectivity index (χ0n) is 8.85. The van der Waals surface area contributed by atoms with E-state index in [0.717, 1.165) is 15.9 Å². The summed E-state index contributed by atoms with van der Waals surface area (Å²) >= 11 is 3.41. The molecule has 3 nitrogen and oxygen atoms in total. The average molecular weight is 279 g/mol. The molecule has 0 fully saturated rings. The van der Waals surface area contributed by atoms with Crippen molar-refractivity contribution in [1.82, 2.24) is 9.55 Å². The number of rotatable bonds is 2. The molecule has 0 atom stereocenters. The van der Waals surface area contributed by atoms with Crippen molar-refractivity contribution in [3.05, 3.63) is 62.7 Å². The van der Waals surface area contributed by atoms with Crippen molar-refractivity contribution in [3.8, 4) is 0 Å². The van der Waals surface area contributed by atoms with Crippen molar-refractivity contribution in [1.29, 1.82) is 0 Å². The summed E-state index contributed by atoms with van der Waals surface area (Å²) in [6, 6.07) is 9.01. The normalized spacial score (nSPS) is 10.4. The molecule has 0 amide bonds. The van der Waals surface area contributed by atoms with E-state index in [1.165, 1.54) is 0 Å². The molecule has 2 rings (SSSR count). The maximum absolute atomic E-state index is 11.7. The van der Waals surface area contributed by atoms with Crippen molar-refractivity contribution in [2.75, 3.05) is 0 Å². The van der Waals surface area contributed by atoms with Crippen LogP contribution < -0.4 is 5.56 Å². The maximum atomic E-state index is 11.7. The molecule has 0 aliphatic rings. The molecule has 0 N–H and O–H groups in total. The Kier molecular flexibility index (Phi) is 3.19. The van der Waals surface area contributed by atoms with E-state index in [1.54, 1.807) is 22.9 Å². The molecular weight excluding hydrogens is 268 g/mol. The first kappa shape index (κ1) is 11.1. The molecule has 0 aromatic carbocycles. The Morgan fingerprint density at radius 3 is 2.81 bits per heavy atom. The van der Waals surface area contributed by atoms with Gasteiger partial charge in [0.1, 0.15) is 0 Å². The lowest BCUT2D eigenvalue weighted by Gasteiger charge is -2.10. The molecular formula is C12H11BrN2O. The molecule has 2 aromatic rings. The van der Waals surface area contributed by atoms with Gasteiger partial charge in [0.05, 0.1) is 12.2 Å². The highest BCUT2D eigenvalue weighted by molar-refractivity contribution is 9.10. The summed E-state index contributed by atoms with van der Waals surface area (Å²) in [6.07, 6.45) is 1.73. The van der Waals surface area contributed by atoms with Gasteiger partial charge in [0, 0.05) is 22.4 Å². The monoisotopic (exact) mass is 278 g/mol. The molecule has 0 bridgehead atoms. The topological polar surface area (TPSA) is 34.9 Å². The van der Waals surface area contributed by atoms with Crippen molar-refractivity contribution in [2.24, 2.45) is 0 Å². The van der Waals surface area contributed by atoms with Crippen LogP contribution in [0.25, 0.3) is 0 Å². The van der Waals surface area contributed by atoms with Gasteiger partial charge in [0.2, 0.25) is 0 Å². The van der Waals surface area contributed by atoms with Gasteiger partial charge < -0.3 is 4.57 Å². The molecule has 82 valence electrons. The molecule has 2 aromatic heterocycles. The number of aromatic nitrogens is 2. The summed E-state index contributed by atoms with van der Waals surface area (Å²) in [7, 11) is 0. The van der Waals surface area contributed by atoms with Gasteiger partial charge in [0.25, 0.3) is 5.56 Å². The van der Waals surface area contributed by atoms with Crippen molar-refractivity contribution < 1.29 is 0 Å². The van der Waals surface area contributed by atoms with E-state index in [9.17, 15) is 4.79 Å². The predicted molar refractivity (Wildman–Crippen MR) is 66.5 cm³/mol. The number of halogens is 1. The predicted octanol–water partition coefficient (Wildman–Crippen LogP) is 2.36. The Hall–Kier alpha value is -1.42. The van der Waals surface area contributed by atoms with E-state index in [-0.39, 0.29) is 5.56 Å². The average Bonchev–Trinajstić information content (AvgIpc) is 2.31. The Morgan fingerprint density at radius 2 is 2.12 bits per heavy atom. The molecule has 0 unspecified atom stereocenters. The van der Waals surface area contributed by atoms with Gasteiger partial charge in [-0.25, -0.2) is 0 Å². The third kappa shape index (κ3) is 2.22. The number of pyridine rings is 2. The smallest absolute Gasteiger partial charge is 0.251 e. The molecule has 0 aliphatic heterocycles. The van der Waals surface area contributed by atoms with Gasteiger partial charge in [-0.3, -0.25) is 9.78 Å². The molecule has 16 heavy (non-hydrogen) atoms. The van der Waals surface area contributed by atoms with E-state index in [2.05, 4.69) is 20.9 Å². The SMILES string of the molecule is Cc1c(Br)ccc(=O)n1Cc1ccccn1. The molecule has 0 radical (unpaired) electrons. The molecule has 0 saturated heterocycles. The van der Waals surface area contributed by atoms with Crippen LogP contribution in [0.2, 0.25) is 0 Å². The van der Waals surface area contributed by atoms with Gasteiger partial charge in [-0.15, -0.1) is 0 Å². The second-order valence-corrected chi connectivity index (χ2v) is 4.37. The van der Waals surface area contributed by atoms with Crippen LogP contribution in [0, 0.1) is 6.92 Å². The number of hydrogen-bond acceptors (Lipinski definition) is 2. The molecule has 0 aliphatic carbocycles. The number of hydrogen-bond donors (Lipinski definition) is 0. The lowest BCUT2D eigenvalue weighted by Crippen LogP contribution is -2.22. The Labute approximate surface area is 102 Å². The lowest BCUT2D eigenvalue weighted by molar-refractivity contribution is 0.709. The van der Waals surface area contributed by atoms with Crippen LogP contribution in [0.1, 0.15) is 11.4 Å². The molecule has 0 spiro atoms. The molecule has 0 saturated carbocycles. The van der Waals surface area contributed by atoms with Crippen LogP contribution in [0.4, 0.5) is 0 Å². The quantitative estimate of drug-likeness (QED) is 0.845. The minimum Gasteiger partial charge on any atom is -0.306 e. The highest BCUT2D eigenvalue weighted by atomic mass is 79.9. The first-order valence-corrected chi connectivity index (χ1v) is 5.73. The fourth-order valence-corrected chi connectivity index (χ4v) is 1.85. The van der Waals surface area contributed by atoms with Crippen molar-refractivity contribution in [2.45, 2.75) is 13.5 Å². The molecule has 4 heteroatoms. The van der Waals surface area contributed by atoms with Crippen molar-refractivity contribution in [3.63, 3.8) is 0 Å². The minimum absolute atomic E-state index is 0.00801. The Bertz CT molecular complexity index is 549. The summed E-state index contributed by atoms with van der Waals surface area (Å²) in [4.78, 5) is 15.9. The Balaban J connectivity index is 2.43. The summed E-state index contributed by atoms with van der Waals surface area (Å²) in [5.41, 5.74) is 1.79. The second kappa shape index (κ2) is 4.61. The third-order valence-corrected chi connectivity index (χ3v) is 3.27. The number of nitrogens with zero attached hydrogens (tertiary/aromatic N) is 2. The highest BCUT2D eigenvalue weighted by Gasteiger charge is 2.04. The maximum Gasteiger partial charge on any atom is 0.251 e. The standard InChI is InChI=1S/C12H11BrN2O/c1-9-11(13)5-6-12(16)15(9)8-10-4-2-3-7-14-10/h2-7H,8H2,1H3. The van der Waals surface area contributed by atoms with Crippen LogP contribution >= 0.6 is 15.9 Å². The fourth-order valence-electron chi connectivity index (χ4n) is 1.50. The van der Waals surface area contributed by atoms with E-state index in [1.807, 2.05) is 25.1 Å². The van der Waals surface area contributed by atoms with Gasteiger partial charge in [0.15, 0.2) is 0 Å². The van der Waals surface area contributed by atoms with Crippen LogP contribution in [-0.2, 0) is 6.54 Å². The van der Waals surface area contributed by atoms with Gasteiger partial charge in [-0.05, 0) is 41.1 Å². The van der Waals surface area contributed by atoms with Crippen LogP contribution in [-0.4, -0.2) is 9.55 Å². The largest absolute Gasteiger partial charge is 0.306 e. The van der Waals surface area contributed by atoms with Gasteiger partial charge in [-0.1, -0.05) is 6.07 Å². The van der Waals surface area contributed by atoms with E-state index < -0.39 is 0 Å².